The fourth-order valence-corrected chi connectivity index (χ4v) is 4.58. The van der Waals surface area contributed by atoms with E-state index in [1.165, 1.54) is 17.7 Å². The molecular formula is C18H20Cl3NO2S. The van der Waals surface area contributed by atoms with Crippen LogP contribution in [0.1, 0.15) is 44.9 Å². The zero-order chi connectivity index (χ0) is 19.0. The van der Waals surface area contributed by atoms with Crippen molar-refractivity contribution in [3.63, 3.8) is 0 Å². The van der Waals surface area contributed by atoms with Gasteiger partial charge in [-0.1, -0.05) is 79.8 Å². The standard InChI is InChI=1S/C18H20Cl3NO2S/c1-11(12-5-7-13(8-6-12)18(2,3)4)22-25(23,24)17-10-15(20)14(19)9-16(17)21/h5-11,22H,1-4H3. The lowest BCUT2D eigenvalue weighted by Gasteiger charge is -2.21. The van der Waals surface area contributed by atoms with Gasteiger partial charge in [-0.25, -0.2) is 13.1 Å². The van der Waals surface area contributed by atoms with E-state index in [0.29, 0.717) is 0 Å². The first-order valence-corrected chi connectivity index (χ1v) is 10.3. The predicted octanol–water partition coefficient (Wildman–Crippen LogP) is 5.98. The maximum absolute atomic E-state index is 12.6. The van der Waals surface area contributed by atoms with E-state index in [0.717, 1.165) is 5.56 Å². The van der Waals surface area contributed by atoms with Gasteiger partial charge in [-0.05, 0) is 35.6 Å². The summed E-state index contributed by atoms with van der Waals surface area (Å²) in [5.74, 6) is 0. The quantitative estimate of drug-likeness (QED) is 0.618. The largest absolute Gasteiger partial charge is 0.242 e. The average Bonchev–Trinajstić information content (AvgIpc) is 2.49. The zero-order valence-corrected chi connectivity index (χ0v) is 17.5. The molecule has 2 rings (SSSR count). The summed E-state index contributed by atoms with van der Waals surface area (Å²) in [5.41, 5.74) is 2.07. The van der Waals surface area contributed by atoms with Crippen molar-refractivity contribution in [2.45, 2.75) is 44.0 Å². The van der Waals surface area contributed by atoms with Gasteiger partial charge in [0, 0.05) is 6.04 Å². The summed E-state index contributed by atoms with van der Waals surface area (Å²) >= 11 is 17.8. The van der Waals surface area contributed by atoms with Crippen molar-refractivity contribution in [2.75, 3.05) is 0 Å². The highest BCUT2D eigenvalue weighted by Gasteiger charge is 2.23. The van der Waals surface area contributed by atoms with E-state index in [2.05, 4.69) is 25.5 Å². The van der Waals surface area contributed by atoms with E-state index in [9.17, 15) is 8.42 Å². The summed E-state index contributed by atoms with van der Waals surface area (Å²) < 4.78 is 27.9. The van der Waals surface area contributed by atoms with Gasteiger partial charge in [0.05, 0.1) is 15.1 Å². The van der Waals surface area contributed by atoms with Crippen LogP contribution >= 0.6 is 34.8 Å². The average molecular weight is 421 g/mol. The molecule has 7 heteroatoms. The van der Waals surface area contributed by atoms with Gasteiger partial charge >= 0.3 is 0 Å². The van der Waals surface area contributed by atoms with E-state index in [1.54, 1.807) is 6.92 Å². The summed E-state index contributed by atoms with van der Waals surface area (Å²) in [6.45, 7) is 8.15. The third-order valence-electron chi connectivity index (χ3n) is 3.87. The second-order valence-corrected chi connectivity index (χ2v) is 9.82. The summed E-state index contributed by atoms with van der Waals surface area (Å²) in [5, 5.41) is 0.363. The highest BCUT2D eigenvalue weighted by Crippen LogP contribution is 2.32. The molecule has 0 amide bonds. The second-order valence-electron chi connectivity index (χ2n) is 6.91. The van der Waals surface area contributed by atoms with Gasteiger partial charge in [0.25, 0.3) is 0 Å². The highest BCUT2D eigenvalue weighted by atomic mass is 35.5. The van der Waals surface area contributed by atoms with Crippen LogP contribution in [0.4, 0.5) is 0 Å². The van der Waals surface area contributed by atoms with Crippen LogP contribution in [0.5, 0.6) is 0 Å². The molecule has 2 aromatic rings. The molecule has 1 N–H and O–H groups in total. The SMILES string of the molecule is CC(NS(=O)(=O)c1cc(Cl)c(Cl)cc1Cl)c1ccc(C(C)(C)C)cc1. The zero-order valence-electron chi connectivity index (χ0n) is 14.4. The molecule has 0 spiro atoms. The maximum atomic E-state index is 12.6. The summed E-state index contributed by atoms with van der Waals surface area (Å²) in [7, 11) is -3.84. The molecule has 0 bridgehead atoms. The molecule has 0 radical (unpaired) electrons. The molecular weight excluding hydrogens is 401 g/mol. The number of nitrogens with one attached hydrogen (secondary N) is 1. The Morgan fingerprint density at radius 3 is 1.96 bits per heavy atom. The summed E-state index contributed by atoms with van der Waals surface area (Å²) in [6, 6.07) is 10.0. The number of hydrogen-bond acceptors (Lipinski definition) is 2. The second kappa shape index (κ2) is 7.45. The Kier molecular flexibility index (Phi) is 6.12. The Labute approximate surface area is 164 Å². The Balaban J connectivity index is 2.27. The van der Waals surface area contributed by atoms with E-state index in [4.69, 9.17) is 34.8 Å². The van der Waals surface area contributed by atoms with E-state index >= 15 is 0 Å². The van der Waals surface area contributed by atoms with Crippen LogP contribution in [-0.4, -0.2) is 8.42 Å². The first kappa shape index (κ1) is 20.5. The van der Waals surface area contributed by atoms with Crippen LogP contribution in [0, 0.1) is 0 Å². The minimum absolute atomic E-state index is 0.0252. The van der Waals surface area contributed by atoms with Gasteiger partial charge in [-0.15, -0.1) is 0 Å². The molecule has 0 saturated carbocycles. The molecule has 136 valence electrons. The molecule has 1 unspecified atom stereocenters. The molecule has 0 aromatic heterocycles. The number of sulfonamides is 1. The van der Waals surface area contributed by atoms with Crippen LogP contribution in [0.2, 0.25) is 15.1 Å². The maximum Gasteiger partial charge on any atom is 0.242 e. The predicted molar refractivity (Wildman–Crippen MR) is 105 cm³/mol. The Hall–Kier alpha value is -0.780. The molecule has 1 atom stereocenters. The van der Waals surface area contributed by atoms with Gasteiger partial charge in [0.15, 0.2) is 0 Å². The third-order valence-corrected chi connectivity index (χ3v) is 6.60. The van der Waals surface area contributed by atoms with Gasteiger partial charge in [-0.2, -0.15) is 0 Å². The first-order chi connectivity index (χ1) is 11.4. The van der Waals surface area contributed by atoms with Crippen LogP contribution in [-0.2, 0) is 15.4 Å². The molecule has 0 aliphatic rings. The molecule has 0 saturated heterocycles. The molecule has 0 fully saturated rings. The topological polar surface area (TPSA) is 46.2 Å². The lowest BCUT2D eigenvalue weighted by atomic mass is 9.86. The molecule has 0 heterocycles. The molecule has 0 aliphatic heterocycles. The Bertz CT molecular complexity index is 872. The number of hydrogen-bond donors (Lipinski definition) is 1. The van der Waals surface area contributed by atoms with Crippen LogP contribution in [0.15, 0.2) is 41.3 Å². The van der Waals surface area contributed by atoms with Crippen LogP contribution in [0.3, 0.4) is 0 Å². The third kappa shape index (κ3) is 4.89. The monoisotopic (exact) mass is 419 g/mol. The normalized spacial score (nSPS) is 13.7. The molecule has 0 aliphatic carbocycles. The Morgan fingerprint density at radius 2 is 1.44 bits per heavy atom. The summed E-state index contributed by atoms with van der Waals surface area (Å²) in [6.07, 6.45) is 0. The van der Waals surface area contributed by atoms with Gasteiger partial charge in [0.2, 0.25) is 10.0 Å². The van der Waals surface area contributed by atoms with Crippen molar-refractivity contribution in [1.29, 1.82) is 0 Å². The van der Waals surface area contributed by atoms with E-state index in [1.807, 2.05) is 24.3 Å². The van der Waals surface area contributed by atoms with Crippen molar-refractivity contribution in [3.8, 4) is 0 Å². The summed E-state index contributed by atoms with van der Waals surface area (Å²) in [4.78, 5) is -0.0956. The molecule has 3 nitrogen and oxygen atoms in total. The van der Waals surface area contributed by atoms with Gasteiger partial charge < -0.3 is 0 Å². The fourth-order valence-electron chi connectivity index (χ4n) is 2.35. The number of benzene rings is 2. The minimum atomic E-state index is -3.84. The van der Waals surface area contributed by atoms with Crippen molar-refractivity contribution in [1.82, 2.24) is 4.72 Å². The lowest BCUT2D eigenvalue weighted by molar-refractivity contribution is 0.566. The van der Waals surface area contributed by atoms with Crippen molar-refractivity contribution < 1.29 is 8.42 Å². The van der Waals surface area contributed by atoms with Crippen LogP contribution < -0.4 is 4.72 Å². The van der Waals surface area contributed by atoms with Gasteiger partial charge in [-0.3, -0.25) is 0 Å². The lowest BCUT2D eigenvalue weighted by Crippen LogP contribution is -2.27. The van der Waals surface area contributed by atoms with Crippen LogP contribution in [0.25, 0.3) is 0 Å². The highest BCUT2D eigenvalue weighted by molar-refractivity contribution is 7.89. The van der Waals surface area contributed by atoms with E-state index < -0.39 is 16.1 Å². The number of halogens is 3. The number of rotatable bonds is 4. The molecule has 2 aromatic carbocycles. The Morgan fingerprint density at radius 1 is 0.920 bits per heavy atom. The van der Waals surface area contributed by atoms with Crippen molar-refractivity contribution in [3.05, 3.63) is 62.6 Å². The first-order valence-electron chi connectivity index (χ1n) is 7.69. The van der Waals surface area contributed by atoms with Gasteiger partial charge in [0.1, 0.15) is 4.90 Å². The van der Waals surface area contributed by atoms with E-state index in [-0.39, 0.29) is 25.4 Å². The smallest absolute Gasteiger partial charge is 0.207 e. The van der Waals surface area contributed by atoms with Crippen molar-refractivity contribution in [2.24, 2.45) is 0 Å². The minimum Gasteiger partial charge on any atom is -0.207 e. The molecule has 25 heavy (non-hydrogen) atoms. The van der Waals surface area contributed by atoms with Crippen molar-refractivity contribution >= 4 is 44.8 Å². The fraction of sp³-hybridized carbons (Fsp3) is 0.333.